The fourth-order valence-electron chi connectivity index (χ4n) is 3.94. The number of fused-ring (bicyclic) bond motifs is 3. The Labute approximate surface area is 147 Å². The number of hydrogen-bond donors (Lipinski definition) is 1. The van der Waals surface area contributed by atoms with Crippen molar-refractivity contribution in [3.8, 4) is 11.5 Å². The number of rotatable bonds is 3. The first-order valence-corrected chi connectivity index (χ1v) is 8.53. The number of halogens is 1. The van der Waals surface area contributed by atoms with Gasteiger partial charge in [0.2, 0.25) is 0 Å². The van der Waals surface area contributed by atoms with E-state index < -0.39 is 0 Å². The standard InChI is InChI=1S/C20H20ClNO2/c1-23-18-9-6-12(10-19(18)24-2)20-15-5-3-4-14(15)16-11-13(21)7-8-17(16)22-20/h3-4,6-11,14-15,20,22H,5H2,1-2H3. The Morgan fingerprint density at radius 1 is 1.04 bits per heavy atom. The molecule has 2 aliphatic rings. The van der Waals surface area contributed by atoms with Crippen LogP contribution in [0.2, 0.25) is 5.02 Å². The van der Waals surface area contributed by atoms with Crippen molar-refractivity contribution in [2.45, 2.75) is 18.4 Å². The number of methoxy groups -OCH3 is 2. The Hall–Kier alpha value is -2.13. The molecule has 0 fully saturated rings. The van der Waals surface area contributed by atoms with E-state index in [1.165, 1.54) is 11.1 Å². The highest BCUT2D eigenvalue weighted by atomic mass is 35.5. The van der Waals surface area contributed by atoms with Gasteiger partial charge in [0.25, 0.3) is 0 Å². The molecule has 0 radical (unpaired) electrons. The molecule has 0 amide bonds. The van der Waals surface area contributed by atoms with E-state index in [9.17, 15) is 0 Å². The van der Waals surface area contributed by atoms with Gasteiger partial charge in [-0.15, -0.1) is 0 Å². The van der Waals surface area contributed by atoms with Gasteiger partial charge in [-0.25, -0.2) is 0 Å². The summed E-state index contributed by atoms with van der Waals surface area (Å²) in [5.41, 5.74) is 3.66. The zero-order valence-corrected chi connectivity index (χ0v) is 14.5. The Morgan fingerprint density at radius 3 is 2.67 bits per heavy atom. The minimum absolute atomic E-state index is 0.235. The molecule has 3 atom stereocenters. The molecule has 1 heterocycles. The molecule has 2 aromatic carbocycles. The van der Waals surface area contributed by atoms with Crippen LogP contribution in [0, 0.1) is 5.92 Å². The van der Waals surface area contributed by atoms with E-state index in [4.69, 9.17) is 21.1 Å². The maximum absolute atomic E-state index is 6.21. The molecular formula is C20H20ClNO2. The predicted octanol–water partition coefficient (Wildman–Crippen LogP) is 5.18. The number of allylic oxidation sites excluding steroid dienone is 2. The molecule has 1 N–H and O–H groups in total. The first kappa shape index (κ1) is 15.4. The van der Waals surface area contributed by atoms with Crippen molar-refractivity contribution in [1.82, 2.24) is 0 Å². The minimum Gasteiger partial charge on any atom is -0.493 e. The molecule has 0 bridgehead atoms. The van der Waals surface area contributed by atoms with Crippen molar-refractivity contribution in [2.24, 2.45) is 5.92 Å². The van der Waals surface area contributed by atoms with Gasteiger partial charge in [-0.05, 0) is 53.8 Å². The monoisotopic (exact) mass is 341 g/mol. The Balaban J connectivity index is 1.76. The van der Waals surface area contributed by atoms with Crippen LogP contribution in [0.5, 0.6) is 11.5 Å². The van der Waals surface area contributed by atoms with Crippen LogP contribution in [0.4, 0.5) is 5.69 Å². The van der Waals surface area contributed by atoms with Crippen LogP contribution in [-0.4, -0.2) is 14.2 Å². The molecule has 1 aliphatic carbocycles. The van der Waals surface area contributed by atoms with E-state index in [0.717, 1.165) is 28.6 Å². The third-order valence-corrected chi connectivity index (χ3v) is 5.33. The van der Waals surface area contributed by atoms with Gasteiger partial charge in [-0.1, -0.05) is 29.8 Å². The highest BCUT2D eigenvalue weighted by Crippen LogP contribution is 2.50. The molecule has 0 saturated heterocycles. The van der Waals surface area contributed by atoms with E-state index in [-0.39, 0.29) is 6.04 Å². The van der Waals surface area contributed by atoms with Crippen LogP contribution >= 0.6 is 11.6 Å². The second-order valence-corrected chi connectivity index (χ2v) is 6.76. The molecule has 2 aromatic rings. The summed E-state index contributed by atoms with van der Waals surface area (Å²) in [6.07, 6.45) is 5.65. The summed E-state index contributed by atoms with van der Waals surface area (Å²) in [6, 6.07) is 12.5. The summed E-state index contributed by atoms with van der Waals surface area (Å²) in [4.78, 5) is 0. The average Bonchev–Trinajstić information content (AvgIpc) is 3.10. The van der Waals surface area contributed by atoms with Crippen molar-refractivity contribution < 1.29 is 9.47 Å². The Kier molecular flexibility index (Phi) is 3.89. The molecular weight excluding hydrogens is 322 g/mol. The normalized spacial score (nSPS) is 24.0. The lowest BCUT2D eigenvalue weighted by Gasteiger charge is -2.37. The highest BCUT2D eigenvalue weighted by Gasteiger charge is 2.38. The molecule has 4 rings (SSSR count). The quantitative estimate of drug-likeness (QED) is 0.780. The van der Waals surface area contributed by atoms with Gasteiger partial charge in [-0.2, -0.15) is 0 Å². The Morgan fingerprint density at radius 2 is 1.88 bits per heavy atom. The molecule has 0 spiro atoms. The van der Waals surface area contributed by atoms with Gasteiger partial charge in [0.15, 0.2) is 11.5 Å². The van der Waals surface area contributed by atoms with Crippen molar-refractivity contribution >= 4 is 17.3 Å². The summed E-state index contributed by atoms with van der Waals surface area (Å²) < 4.78 is 10.8. The lowest BCUT2D eigenvalue weighted by Crippen LogP contribution is -2.29. The fraction of sp³-hybridized carbons (Fsp3) is 0.300. The van der Waals surface area contributed by atoms with Crippen LogP contribution in [0.3, 0.4) is 0 Å². The molecule has 3 unspecified atom stereocenters. The van der Waals surface area contributed by atoms with Gasteiger partial charge in [0, 0.05) is 16.6 Å². The number of anilines is 1. The molecule has 0 aromatic heterocycles. The van der Waals surface area contributed by atoms with Crippen LogP contribution < -0.4 is 14.8 Å². The zero-order chi connectivity index (χ0) is 16.7. The maximum Gasteiger partial charge on any atom is 0.161 e. The second kappa shape index (κ2) is 6.06. The summed E-state index contributed by atoms with van der Waals surface area (Å²) in [5.74, 6) is 2.40. The van der Waals surface area contributed by atoms with Crippen LogP contribution in [0.15, 0.2) is 48.6 Å². The number of hydrogen-bond acceptors (Lipinski definition) is 3. The molecule has 0 saturated carbocycles. The first-order valence-electron chi connectivity index (χ1n) is 8.16. The first-order chi connectivity index (χ1) is 11.7. The maximum atomic E-state index is 6.21. The topological polar surface area (TPSA) is 30.5 Å². The highest BCUT2D eigenvalue weighted by molar-refractivity contribution is 6.30. The largest absolute Gasteiger partial charge is 0.493 e. The zero-order valence-electron chi connectivity index (χ0n) is 13.8. The summed E-state index contributed by atoms with van der Waals surface area (Å²) >= 11 is 6.21. The number of nitrogens with one attached hydrogen (secondary N) is 1. The molecule has 4 heteroatoms. The molecule has 1 aliphatic heterocycles. The fourth-order valence-corrected chi connectivity index (χ4v) is 4.12. The lowest BCUT2D eigenvalue weighted by molar-refractivity contribution is 0.353. The average molecular weight is 342 g/mol. The van der Waals surface area contributed by atoms with Gasteiger partial charge in [0.05, 0.1) is 20.3 Å². The molecule has 124 valence electrons. The minimum atomic E-state index is 0.235. The van der Waals surface area contributed by atoms with E-state index in [0.29, 0.717) is 11.8 Å². The predicted molar refractivity (Wildman–Crippen MR) is 97.3 cm³/mol. The second-order valence-electron chi connectivity index (χ2n) is 6.32. The number of benzene rings is 2. The van der Waals surface area contributed by atoms with Crippen molar-refractivity contribution in [2.75, 3.05) is 19.5 Å². The molecule has 3 nitrogen and oxygen atoms in total. The number of ether oxygens (including phenoxy) is 2. The van der Waals surface area contributed by atoms with E-state index in [2.05, 4.69) is 41.7 Å². The van der Waals surface area contributed by atoms with Gasteiger partial charge in [0.1, 0.15) is 0 Å². The third-order valence-electron chi connectivity index (χ3n) is 5.09. The van der Waals surface area contributed by atoms with E-state index in [1.54, 1.807) is 14.2 Å². The van der Waals surface area contributed by atoms with E-state index in [1.807, 2.05) is 12.1 Å². The van der Waals surface area contributed by atoms with Gasteiger partial charge in [-0.3, -0.25) is 0 Å². The van der Waals surface area contributed by atoms with Crippen molar-refractivity contribution in [3.05, 3.63) is 64.7 Å². The smallest absolute Gasteiger partial charge is 0.161 e. The van der Waals surface area contributed by atoms with Gasteiger partial charge >= 0.3 is 0 Å². The summed E-state index contributed by atoms with van der Waals surface area (Å²) in [7, 11) is 3.33. The Bertz CT molecular complexity index is 802. The van der Waals surface area contributed by atoms with Crippen LogP contribution in [-0.2, 0) is 0 Å². The summed E-state index contributed by atoms with van der Waals surface area (Å²) in [5, 5.41) is 4.50. The van der Waals surface area contributed by atoms with Crippen molar-refractivity contribution in [3.63, 3.8) is 0 Å². The summed E-state index contributed by atoms with van der Waals surface area (Å²) in [6.45, 7) is 0. The lowest BCUT2D eigenvalue weighted by atomic mass is 9.77. The van der Waals surface area contributed by atoms with E-state index >= 15 is 0 Å². The van der Waals surface area contributed by atoms with Crippen LogP contribution in [0.1, 0.15) is 29.5 Å². The molecule has 24 heavy (non-hydrogen) atoms. The third kappa shape index (κ3) is 2.44. The van der Waals surface area contributed by atoms with Crippen molar-refractivity contribution in [1.29, 1.82) is 0 Å². The van der Waals surface area contributed by atoms with Gasteiger partial charge < -0.3 is 14.8 Å². The SMILES string of the molecule is COc1ccc(C2Nc3ccc(Cl)cc3C3C=CCC32)cc1OC. The van der Waals surface area contributed by atoms with Crippen LogP contribution in [0.25, 0.3) is 0 Å².